The number of amides is 1. The van der Waals surface area contributed by atoms with Crippen molar-refractivity contribution in [3.05, 3.63) is 0 Å². The van der Waals surface area contributed by atoms with Crippen molar-refractivity contribution in [2.75, 3.05) is 14.1 Å². The molecule has 0 spiro atoms. The molecule has 0 aliphatic carbocycles. The highest BCUT2D eigenvalue weighted by molar-refractivity contribution is 5.74. The molecular formula is C19H37NO4. The third kappa shape index (κ3) is 9.91. The van der Waals surface area contributed by atoms with Crippen molar-refractivity contribution in [2.45, 2.75) is 96.4 Å². The van der Waals surface area contributed by atoms with E-state index in [4.69, 9.17) is 0 Å². The summed E-state index contributed by atoms with van der Waals surface area (Å²) in [6.45, 7) is 2.23. The van der Waals surface area contributed by atoms with Gasteiger partial charge in [0.05, 0.1) is 14.1 Å². The molecule has 5 heteroatoms. The lowest BCUT2D eigenvalue weighted by atomic mass is 10.0. The van der Waals surface area contributed by atoms with Crippen LogP contribution in [-0.2, 0) is 4.79 Å². The molecule has 24 heavy (non-hydrogen) atoms. The van der Waals surface area contributed by atoms with Crippen LogP contribution in [0.15, 0.2) is 0 Å². The monoisotopic (exact) mass is 343 g/mol. The summed E-state index contributed by atoms with van der Waals surface area (Å²) in [7, 11) is 2.77. The van der Waals surface area contributed by atoms with Gasteiger partial charge in [-0.3, -0.25) is 4.48 Å². The maximum Gasteiger partial charge on any atom is 0.363 e. The summed E-state index contributed by atoms with van der Waals surface area (Å²) in [6, 6.07) is -0.932. The Balaban J connectivity index is 3.67. The summed E-state index contributed by atoms with van der Waals surface area (Å²) < 4.78 is -0.618. The van der Waals surface area contributed by atoms with Gasteiger partial charge < -0.3 is 15.0 Å². The fraction of sp³-hybridized carbons (Fsp3) is 0.895. The van der Waals surface area contributed by atoms with Gasteiger partial charge in [-0.25, -0.2) is 4.79 Å². The van der Waals surface area contributed by atoms with Crippen LogP contribution >= 0.6 is 0 Å². The van der Waals surface area contributed by atoms with Crippen molar-refractivity contribution >= 4 is 12.1 Å². The largest absolute Gasteiger partial charge is 0.498 e. The number of aliphatic carboxylic acids is 1. The van der Waals surface area contributed by atoms with Crippen LogP contribution in [0.2, 0.25) is 0 Å². The SMILES string of the molecule is CCCCCCCCCCCCCCC(C(=O)O)[N+](C)(C)C(=O)[O-]. The number of carboxylic acid groups (broad SMARTS) is 2. The smallest absolute Gasteiger partial charge is 0.363 e. The third-order valence-corrected chi connectivity index (χ3v) is 4.87. The molecule has 0 aliphatic heterocycles. The average Bonchev–Trinajstić information content (AvgIpc) is 2.51. The molecule has 1 amide bonds. The van der Waals surface area contributed by atoms with Gasteiger partial charge in [-0.05, 0) is 6.42 Å². The van der Waals surface area contributed by atoms with Crippen molar-refractivity contribution in [1.82, 2.24) is 0 Å². The van der Waals surface area contributed by atoms with Gasteiger partial charge in [-0.2, -0.15) is 0 Å². The van der Waals surface area contributed by atoms with E-state index in [1.807, 2.05) is 0 Å². The van der Waals surface area contributed by atoms with Gasteiger partial charge in [-0.1, -0.05) is 77.6 Å². The standard InChI is InChI=1S/C19H37NO4/c1-4-5-6-7-8-9-10-11-12-13-14-15-16-17(18(21)22)20(2,3)19(23)24/h17H,4-16H2,1-3H3,(H-,21,22,23,24). The topological polar surface area (TPSA) is 77.4 Å². The van der Waals surface area contributed by atoms with E-state index in [1.165, 1.54) is 71.9 Å². The van der Waals surface area contributed by atoms with Crippen molar-refractivity contribution in [1.29, 1.82) is 0 Å². The van der Waals surface area contributed by atoms with Crippen LogP contribution in [0.25, 0.3) is 0 Å². The second-order valence-corrected chi connectivity index (χ2v) is 7.34. The lowest BCUT2D eigenvalue weighted by Gasteiger charge is -2.34. The van der Waals surface area contributed by atoms with Crippen LogP contribution < -0.4 is 5.11 Å². The number of carbonyl (C=O) groups is 2. The van der Waals surface area contributed by atoms with Gasteiger partial charge in [0.15, 0.2) is 6.04 Å². The lowest BCUT2D eigenvalue weighted by molar-refractivity contribution is -0.855. The number of rotatable bonds is 15. The number of quaternary nitrogens is 1. The van der Waals surface area contributed by atoms with E-state index < -0.39 is 22.6 Å². The quantitative estimate of drug-likeness (QED) is 0.361. The molecule has 0 radical (unpaired) electrons. The van der Waals surface area contributed by atoms with Crippen LogP contribution in [0.4, 0.5) is 4.79 Å². The van der Waals surface area contributed by atoms with Gasteiger partial charge in [0.2, 0.25) is 0 Å². The van der Waals surface area contributed by atoms with E-state index in [9.17, 15) is 19.8 Å². The summed E-state index contributed by atoms with van der Waals surface area (Å²) in [4.78, 5) is 22.4. The Labute approximate surface area is 147 Å². The fourth-order valence-corrected chi connectivity index (χ4v) is 3.03. The van der Waals surface area contributed by atoms with Crippen LogP contribution in [0.5, 0.6) is 0 Å². The van der Waals surface area contributed by atoms with Crippen molar-refractivity contribution < 1.29 is 24.3 Å². The first-order valence-electron chi connectivity index (χ1n) is 9.62. The maximum absolute atomic E-state index is 11.3. The van der Waals surface area contributed by atoms with Gasteiger partial charge in [0, 0.05) is 6.42 Å². The molecule has 0 aromatic carbocycles. The number of likely N-dealkylation sites (N-methyl/N-ethyl adjacent to an activating group) is 1. The Morgan fingerprint density at radius 3 is 1.54 bits per heavy atom. The number of nitrogens with zero attached hydrogens (tertiary/aromatic N) is 1. The molecule has 0 saturated heterocycles. The zero-order valence-electron chi connectivity index (χ0n) is 15.9. The normalized spacial score (nSPS) is 13.0. The van der Waals surface area contributed by atoms with Gasteiger partial charge in [-0.15, -0.1) is 0 Å². The van der Waals surface area contributed by atoms with Crippen LogP contribution in [0.1, 0.15) is 90.4 Å². The average molecular weight is 344 g/mol. The molecule has 1 atom stereocenters. The second-order valence-electron chi connectivity index (χ2n) is 7.34. The first-order valence-corrected chi connectivity index (χ1v) is 9.62. The Bertz CT molecular complexity index is 355. The molecule has 0 bridgehead atoms. The van der Waals surface area contributed by atoms with Crippen molar-refractivity contribution in [2.24, 2.45) is 0 Å². The van der Waals surface area contributed by atoms with E-state index in [0.717, 1.165) is 19.3 Å². The minimum Gasteiger partial charge on any atom is -0.498 e. The highest BCUT2D eigenvalue weighted by Crippen LogP contribution is 2.17. The Kier molecular flexibility index (Phi) is 12.6. The molecule has 0 rings (SSSR count). The highest BCUT2D eigenvalue weighted by Gasteiger charge is 2.36. The maximum atomic E-state index is 11.3. The summed E-state index contributed by atoms with van der Waals surface area (Å²) in [6.07, 6.45) is 13.6. The van der Waals surface area contributed by atoms with Crippen molar-refractivity contribution in [3.63, 3.8) is 0 Å². The third-order valence-electron chi connectivity index (χ3n) is 4.87. The predicted molar refractivity (Wildman–Crippen MR) is 94.6 cm³/mol. The Morgan fingerprint density at radius 1 is 0.833 bits per heavy atom. The number of carboxylic acids is 1. The van der Waals surface area contributed by atoms with Gasteiger partial charge in [0.1, 0.15) is 0 Å². The molecule has 0 heterocycles. The van der Waals surface area contributed by atoms with E-state index in [2.05, 4.69) is 6.92 Å². The summed E-state index contributed by atoms with van der Waals surface area (Å²) in [5.74, 6) is -1.06. The van der Waals surface area contributed by atoms with E-state index in [-0.39, 0.29) is 0 Å². The molecule has 0 fully saturated rings. The summed E-state index contributed by atoms with van der Waals surface area (Å²) in [5.41, 5.74) is 0. The lowest BCUT2D eigenvalue weighted by Crippen LogP contribution is -2.61. The number of hydrogen-bond acceptors (Lipinski definition) is 3. The minimum atomic E-state index is -1.35. The highest BCUT2D eigenvalue weighted by atomic mass is 16.4. The molecule has 0 aromatic rings. The zero-order chi connectivity index (χ0) is 18.4. The minimum absolute atomic E-state index is 0.383. The van der Waals surface area contributed by atoms with Gasteiger partial charge in [0.25, 0.3) is 6.09 Å². The Morgan fingerprint density at radius 2 is 1.21 bits per heavy atom. The van der Waals surface area contributed by atoms with Crippen LogP contribution in [0.3, 0.4) is 0 Å². The fourth-order valence-electron chi connectivity index (χ4n) is 3.03. The molecule has 0 saturated carbocycles. The van der Waals surface area contributed by atoms with E-state index in [1.54, 1.807) is 0 Å². The van der Waals surface area contributed by atoms with Crippen LogP contribution in [0, 0.1) is 0 Å². The van der Waals surface area contributed by atoms with Crippen LogP contribution in [-0.4, -0.2) is 41.8 Å². The molecule has 0 aromatic heterocycles. The van der Waals surface area contributed by atoms with E-state index in [0.29, 0.717) is 6.42 Å². The Hall–Kier alpha value is -1.10. The molecule has 5 nitrogen and oxygen atoms in total. The van der Waals surface area contributed by atoms with Crippen molar-refractivity contribution in [3.8, 4) is 0 Å². The predicted octanol–water partition coefficient (Wildman–Crippen LogP) is 3.95. The number of unbranched alkanes of at least 4 members (excludes halogenated alkanes) is 11. The molecule has 142 valence electrons. The molecular weight excluding hydrogens is 306 g/mol. The number of hydrogen-bond donors (Lipinski definition) is 1. The summed E-state index contributed by atoms with van der Waals surface area (Å²) in [5, 5.41) is 20.3. The summed E-state index contributed by atoms with van der Waals surface area (Å²) >= 11 is 0. The molecule has 1 unspecified atom stereocenters. The first kappa shape index (κ1) is 22.9. The first-order chi connectivity index (χ1) is 11.3. The van der Waals surface area contributed by atoms with E-state index >= 15 is 0 Å². The second kappa shape index (κ2) is 13.2. The zero-order valence-corrected chi connectivity index (χ0v) is 15.9. The number of carbonyl (C=O) groups excluding carboxylic acids is 1. The van der Waals surface area contributed by atoms with Gasteiger partial charge >= 0.3 is 5.97 Å². The molecule has 0 aliphatic rings. The molecule has 1 N–H and O–H groups in total.